The molecule has 1 atom stereocenters. The summed E-state index contributed by atoms with van der Waals surface area (Å²) in [6, 6.07) is 4.96. The molecule has 0 aliphatic heterocycles. The molecule has 0 aliphatic carbocycles. The molecule has 0 bridgehead atoms. The van der Waals surface area contributed by atoms with E-state index in [1.54, 1.807) is 13.2 Å². The molecule has 104 valence electrons. The summed E-state index contributed by atoms with van der Waals surface area (Å²) in [5, 5.41) is 11.5. The number of aliphatic carboxylic acids is 1. The van der Waals surface area contributed by atoms with Gasteiger partial charge in [0.15, 0.2) is 0 Å². The van der Waals surface area contributed by atoms with Crippen molar-refractivity contribution in [1.29, 1.82) is 0 Å². The Hall–Kier alpha value is -2.04. The minimum absolute atomic E-state index is 0.161. The summed E-state index contributed by atoms with van der Waals surface area (Å²) in [5.41, 5.74) is 1.78. The molecule has 1 aromatic carbocycles. The van der Waals surface area contributed by atoms with Gasteiger partial charge in [-0.05, 0) is 29.2 Å². The van der Waals surface area contributed by atoms with Crippen molar-refractivity contribution in [3.63, 3.8) is 0 Å². The summed E-state index contributed by atoms with van der Waals surface area (Å²) < 4.78 is 5.16. The first-order chi connectivity index (χ1) is 8.99. The number of nitrogens with one attached hydrogen (secondary N) is 1. The maximum atomic E-state index is 10.9. The zero-order valence-corrected chi connectivity index (χ0v) is 11.3. The van der Waals surface area contributed by atoms with Crippen molar-refractivity contribution in [3.05, 3.63) is 29.3 Å². The smallest absolute Gasteiger partial charge is 0.305 e. The van der Waals surface area contributed by atoms with Crippen molar-refractivity contribution >= 4 is 12.4 Å². The van der Waals surface area contributed by atoms with Gasteiger partial charge in [-0.1, -0.05) is 19.9 Å². The standard InChI is InChI=1S/C14H19NO4/c1-9(2)11-5-4-10(19-3)6-12(11)13(15-8-16)7-14(17)18/h4-6,8-9,13H,7H2,1-3H3,(H,15,16)(H,17,18). The molecule has 0 saturated heterocycles. The summed E-state index contributed by atoms with van der Waals surface area (Å²) in [6.07, 6.45) is 0.364. The second-order valence-corrected chi connectivity index (χ2v) is 4.58. The number of hydrogen-bond acceptors (Lipinski definition) is 3. The highest BCUT2D eigenvalue weighted by Crippen LogP contribution is 2.30. The van der Waals surface area contributed by atoms with E-state index >= 15 is 0 Å². The van der Waals surface area contributed by atoms with Gasteiger partial charge < -0.3 is 15.2 Å². The van der Waals surface area contributed by atoms with Gasteiger partial charge in [-0.15, -0.1) is 0 Å². The molecular weight excluding hydrogens is 246 g/mol. The number of methoxy groups -OCH3 is 1. The quantitative estimate of drug-likeness (QED) is 0.740. The molecule has 0 radical (unpaired) electrons. The van der Waals surface area contributed by atoms with Gasteiger partial charge in [0.2, 0.25) is 6.41 Å². The number of amides is 1. The fourth-order valence-corrected chi connectivity index (χ4v) is 2.02. The van der Waals surface area contributed by atoms with E-state index in [1.807, 2.05) is 26.0 Å². The summed E-state index contributed by atoms with van der Waals surface area (Å²) in [6.45, 7) is 4.04. The molecule has 1 unspecified atom stereocenters. The minimum atomic E-state index is -0.961. The second kappa shape index (κ2) is 6.78. The van der Waals surface area contributed by atoms with Crippen LogP contribution in [-0.2, 0) is 9.59 Å². The lowest BCUT2D eigenvalue weighted by Gasteiger charge is -2.21. The molecule has 1 rings (SSSR count). The highest BCUT2D eigenvalue weighted by atomic mass is 16.5. The Bertz CT molecular complexity index is 457. The van der Waals surface area contributed by atoms with Gasteiger partial charge in [0, 0.05) is 0 Å². The van der Waals surface area contributed by atoms with E-state index in [2.05, 4.69) is 5.32 Å². The van der Waals surface area contributed by atoms with E-state index in [4.69, 9.17) is 9.84 Å². The van der Waals surface area contributed by atoms with Crippen LogP contribution < -0.4 is 10.1 Å². The van der Waals surface area contributed by atoms with E-state index in [1.165, 1.54) is 0 Å². The third-order valence-corrected chi connectivity index (χ3v) is 2.94. The molecule has 19 heavy (non-hydrogen) atoms. The topological polar surface area (TPSA) is 75.6 Å². The maximum absolute atomic E-state index is 10.9. The average Bonchev–Trinajstić information content (AvgIpc) is 2.36. The van der Waals surface area contributed by atoms with Crippen LogP contribution >= 0.6 is 0 Å². The first kappa shape index (κ1) is 15.0. The van der Waals surface area contributed by atoms with Gasteiger partial charge in [0.1, 0.15) is 5.75 Å². The number of carboxylic acid groups (broad SMARTS) is 1. The van der Waals surface area contributed by atoms with Crippen molar-refractivity contribution in [1.82, 2.24) is 5.32 Å². The molecule has 5 heteroatoms. The van der Waals surface area contributed by atoms with Crippen LogP contribution in [0.3, 0.4) is 0 Å². The zero-order chi connectivity index (χ0) is 14.4. The Morgan fingerprint density at radius 1 is 1.42 bits per heavy atom. The first-order valence-corrected chi connectivity index (χ1v) is 6.09. The Morgan fingerprint density at radius 3 is 2.58 bits per heavy atom. The number of rotatable bonds is 7. The van der Waals surface area contributed by atoms with Crippen LogP contribution in [0.2, 0.25) is 0 Å². The molecule has 1 aromatic rings. The third-order valence-electron chi connectivity index (χ3n) is 2.94. The fourth-order valence-electron chi connectivity index (χ4n) is 2.02. The summed E-state index contributed by atoms with van der Waals surface area (Å²) >= 11 is 0. The lowest BCUT2D eigenvalue weighted by atomic mass is 9.91. The van der Waals surface area contributed by atoms with E-state index in [0.29, 0.717) is 12.2 Å². The van der Waals surface area contributed by atoms with Crippen LogP contribution in [0.25, 0.3) is 0 Å². The summed E-state index contributed by atoms with van der Waals surface area (Å²) in [5.74, 6) is -0.0926. The van der Waals surface area contributed by atoms with Gasteiger partial charge in [-0.2, -0.15) is 0 Å². The average molecular weight is 265 g/mol. The molecule has 0 aromatic heterocycles. The Labute approximate surface area is 112 Å². The van der Waals surface area contributed by atoms with E-state index < -0.39 is 12.0 Å². The van der Waals surface area contributed by atoms with Crippen molar-refractivity contribution in [3.8, 4) is 5.75 Å². The number of carbonyl (C=O) groups excluding carboxylic acids is 1. The van der Waals surface area contributed by atoms with E-state index in [-0.39, 0.29) is 12.3 Å². The number of ether oxygens (including phenoxy) is 1. The van der Waals surface area contributed by atoms with Crippen molar-refractivity contribution in [2.24, 2.45) is 0 Å². The van der Waals surface area contributed by atoms with Crippen LogP contribution in [0.4, 0.5) is 0 Å². The van der Waals surface area contributed by atoms with Crippen molar-refractivity contribution in [2.45, 2.75) is 32.2 Å². The molecular formula is C14H19NO4. The van der Waals surface area contributed by atoms with Gasteiger partial charge in [-0.25, -0.2) is 0 Å². The predicted octanol–water partition coefficient (Wildman–Crippen LogP) is 2.08. The van der Waals surface area contributed by atoms with Crippen LogP contribution in [-0.4, -0.2) is 24.6 Å². The monoisotopic (exact) mass is 265 g/mol. The Kier molecular flexibility index (Phi) is 5.36. The lowest BCUT2D eigenvalue weighted by molar-refractivity contribution is -0.137. The van der Waals surface area contributed by atoms with Gasteiger partial charge in [0.25, 0.3) is 0 Å². The largest absolute Gasteiger partial charge is 0.497 e. The van der Waals surface area contributed by atoms with Crippen LogP contribution in [0, 0.1) is 0 Å². The molecule has 0 spiro atoms. The fraction of sp³-hybridized carbons (Fsp3) is 0.429. The number of benzene rings is 1. The normalized spacial score (nSPS) is 12.0. The number of carboxylic acids is 1. The lowest BCUT2D eigenvalue weighted by Crippen LogP contribution is -2.24. The van der Waals surface area contributed by atoms with Crippen LogP contribution in [0.5, 0.6) is 5.75 Å². The van der Waals surface area contributed by atoms with Crippen LogP contribution in [0.1, 0.15) is 43.4 Å². The third kappa shape index (κ3) is 3.98. The van der Waals surface area contributed by atoms with Gasteiger partial charge in [-0.3, -0.25) is 9.59 Å². The molecule has 0 saturated carbocycles. The van der Waals surface area contributed by atoms with E-state index in [0.717, 1.165) is 11.1 Å². The maximum Gasteiger partial charge on any atom is 0.305 e. The van der Waals surface area contributed by atoms with Crippen LogP contribution in [0.15, 0.2) is 18.2 Å². The molecule has 0 aliphatic rings. The SMILES string of the molecule is COc1ccc(C(C)C)c(C(CC(=O)O)NC=O)c1. The molecule has 1 amide bonds. The zero-order valence-electron chi connectivity index (χ0n) is 11.3. The molecule has 2 N–H and O–H groups in total. The summed E-state index contributed by atoms with van der Waals surface area (Å²) in [7, 11) is 1.55. The first-order valence-electron chi connectivity index (χ1n) is 6.09. The number of carbonyl (C=O) groups is 2. The Morgan fingerprint density at radius 2 is 2.11 bits per heavy atom. The molecule has 0 heterocycles. The summed E-state index contributed by atoms with van der Waals surface area (Å²) in [4.78, 5) is 21.6. The van der Waals surface area contributed by atoms with Crippen molar-refractivity contribution < 1.29 is 19.4 Å². The molecule has 5 nitrogen and oxygen atoms in total. The minimum Gasteiger partial charge on any atom is -0.497 e. The van der Waals surface area contributed by atoms with Gasteiger partial charge >= 0.3 is 5.97 Å². The highest BCUT2D eigenvalue weighted by molar-refractivity contribution is 5.69. The Balaban J connectivity index is 3.23. The van der Waals surface area contributed by atoms with Gasteiger partial charge in [0.05, 0.1) is 19.6 Å². The highest BCUT2D eigenvalue weighted by Gasteiger charge is 2.20. The number of hydrogen-bond donors (Lipinski definition) is 2. The second-order valence-electron chi connectivity index (χ2n) is 4.58. The van der Waals surface area contributed by atoms with E-state index in [9.17, 15) is 9.59 Å². The molecule has 0 fully saturated rings. The van der Waals surface area contributed by atoms with Crippen molar-refractivity contribution in [2.75, 3.05) is 7.11 Å². The predicted molar refractivity (Wildman–Crippen MR) is 71.3 cm³/mol.